The zero-order valence-electron chi connectivity index (χ0n) is 11.6. The Kier molecular flexibility index (Phi) is 5.96. The Morgan fingerprint density at radius 1 is 1.35 bits per heavy atom. The predicted octanol–water partition coefficient (Wildman–Crippen LogP) is 2.75. The molecular formula is C14H27NO2. The number of hydrogen-bond acceptors (Lipinski definition) is 2. The van der Waals surface area contributed by atoms with Crippen molar-refractivity contribution >= 4 is 5.91 Å². The molecule has 0 heterocycles. The molecule has 0 aromatic carbocycles. The largest absolute Gasteiger partial charge is 0.372 e. The molecule has 1 amide bonds. The normalized spacial score (nSPS) is 18.6. The van der Waals surface area contributed by atoms with Gasteiger partial charge in [-0.1, -0.05) is 26.7 Å². The smallest absolute Gasteiger partial charge is 0.246 e. The maximum atomic E-state index is 11.6. The highest BCUT2D eigenvalue weighted by atomic mass is 16.5. The van der Waals surface area contributed by atoms with Crippen LogP contribution < -0.4 is 5.32 Å². The second-order valence-electron chi connectivity index (χ2n) is 5.72. The van der Waals surface area contributed by atoms with Crippen LogP contribution in [0, 0.1) is 11.3 Å². The molecule has 1 saturated carbocycles. The number of carbonyl (C=O) groups is 1. The topological polar surface area (TPSA) is 38.3 Å². The van der Waals surface area contributed by atoms with Crippen molar-refractivity contribution in [1.82, 2.24) is 5.32 Å². The Bertz CT molecular complexity index is 232. The monoisotopic (exact) mass is 241 g/mol. The fourth-order valence-corrected chi connectivity index (χ4v) is 2.98. The number of amides is 1. The van der Waals surface area contributed by atoms with Gasteiger partial charge in [-0.2, -0.15) is 0 Å². The van der Waals surface area contributed by atoms with E-state index in [4.69, 9.17) is 4.74 Å². The number of rotatable bonds is 7. The molecule has 1 N–H and O–H groups in total. The van der Waals surface area contributed by atoms with E-state index in [1.54, 1.807) is 0 Å². The summed E-state index contributed by atoms with van der Waals surface area (Å²) >= 11 is 0. The Morgan fingerprint density at radius 3 is 2.53 bits per heavy atom. The lowest BCUT2D eigenvalue weighted by molar-refractivity contribution is -0.126. The molecule has 100 valence electrons. The van der Waals surface area contributed by atoms with Crippen LogP contribution in [0.2, 0.25) is 0 Å². The number of hydrogen-bond donors (Lipinski definition) is 1. The second kappa shape index (κ2) is 7.00. The summed E-state index contributed by atoms with van der Waals surface area (Å²) < 4.78 is 5.11. The van der Waals surface area contributed by atoms with Crippen molar-refractivity contribution in [2.75, 3.05) is 19.8 Å². The predicted molar refractivity (Wildman–Crippen MR) is 69.9 cm³/mol. The van der Waals surface area contributed by atoms with Crippen LogP contribution in [0.15, 0.2) is 0 Å². The SMILES string of the molecule is CCOCC(=O)NCC1(CC(C)C)CCCC1. The van der Waals surface area contributed by atoms with E-state index in [9.17, 15) is 4.79 Å². The highest BCUT2D eigenvalue weighted by molar-refractivity contribution is 5.77. The average molecular weight is 241 g/mol. The van der Waals surface area contributed by atoms with Gasteiger partial charge in [0.05, 0.1) is 0 Å². The minimum absolute atomic E-state index is 0.0295. The molecule has 3 heteroatoms. The van der Waals surface area contributed by atoms with Crippen molar-refractivity contribution < 1.29 is 9.53 Å². The van der Waals surface area contributed by atoms with Crippen LogP contribution in [-0.4, -0.2) is 25.7 Å². The molecule has 0 aromatic rings. The van der Waals surface area contributed by atoms with Gasteiger partial charge in [-0.3, -0.25) is 4.79 Å². The van der Waals surface area contributed by atoms with E-state index in [-0.39, 0.29) is 12.5 Å². The van der Waals surface area contributed by atoms with E-state index >= 15 is 0 Å². The van der Waals surface area contributed by atoms with Gasteiger partial charge < -0.3 is 10.1 Å². The molecule has 0 unspecified atom stereocenters. The minimum Gasteiger partial charge on any atom is -0.372 e. The van der Waals surface area contributed by atoms with Crippen LogP contribution in [0.3, 0.4) is 0 Å². The first-order valence-electron chi connectivity index (χ1n) is 6.92. The quantitative estimate of drug-likeness (QED) is 0.744. The van der Waals surface area contributed by atoms with Gasteiger partial charge in [-0.05, 0) is 37.5 Å². The van der Waals surface area contributed by atoms with Crippen LogP contribution in [-0.2, 0) is 9.53 Å². The first kappa shape index (κ1) is 14.5. The van der Waals surface area contributed by atoms with E-state index in [2.05, 4.69) is 19.2 Å². The molecule has 1 fully saturated rings. The Hall–Kier alpha value is -0.570. The molecule has 17 heavy (non-hydrogen) atoms. The Balaban J connectivity index is 2.36. The molecule has 0 aromatic heterocycles. The summed E-state index contributed by atoms with van der Waals surface area (Å²) in [6, 6.07) is 0. The fraction of sp³-hybridized carbons (Fsp3) is 0.929. The summed E-state index contributed by atoms with van der Waals surface area (Å²) in [7, 11) is 0. The first-order chi connectivity index (χ1) is 8.08. The number of ether oxygens (including phenoxy) is 1. The number of nitrogens with one attached hydrogen (secondary N) is 1. The summed E-state index contributed by atoms with van der Waals surface area (Å²) in [5, 5.41) is 3.04. The average Bonchev–Trinajstić information content (AvgIpc) is 2.71. The Labute approximate surface area is 105 Å². The molecular weight excluding hydrogens is 214 g/mol. The van der Waals surface area contributed by atoms with Crippen LogP contribution in [0.5, 0.6) is 0 Å². The summed E-state index contributed by atoms with van der Waals surface area (Å²) in [4.78, 5) is 11.6. The third-order valence-corrected chi connectivity index (χ3v) is 3.60. The maximum absolute atomic E-state index is 11.6. The zero-order chi connectivity index (χ0) is 12.7. The lowest BCUT2D eigenvalue weighted by Crippen LogP contribution is -2.38. The third-order valence-electron chi connectivity index (χ3n) is 3.60. The molecule has 1 rings (SSSR count). The Morgan fingerprint density at radius 2 is 2.00 bits per heavy atom. The lowest BCUT2D eigenvalue weighted by Gasteiger charge is -2.31. The zero-order valence-corrected chi connectivity index (χ0v) is 11.6. The van der Waals surface area contributed by atoms with Crippen molar-refractivity contribution in [3.05, 3.63) is 0 Å². The van der Waals surface area contributed by atoms with Crippen LogP contribution >= 0.6 is 0 Å². The van der Waals surface area contributed by atoms with E-state index in [1.807, 2.05) is 6.92 Å². The van der Waals surface area contributed by atoms with Crippen molar-refractivity contribution in [2.24, 2.45) is 11.3 Å². The summed E-state index contributed by atoms with van der Waals surface area (Å²) in [5.74, 6) is 0.735. The summed E-state index contributed by atoms with van der Waals surface area (Å²) in [5.41, 5.74) is 0.357. The van der Waals surface area contributed by atoms with E-state index < -0.39 is 0 Å². The molecule has 0 spiro atoms. The van der Waals surface area contributed by atoms with Gasteiger partial charge in [-0.15, -0.1) is 0 Å². The van der Waals surface area contributed by atoms with E-state index in [0.29, 0.717) is 17.9 Å². The highest BCUT2D eigenvalue weighted by Crippen LogP contribution is 2.42. The third kappa shape index (κ3) is 5.07. The summed E-state index contributed by atoms with van der Waals surface area (Å²) in [6.07, 6.45) is 6.38. The van der Waals surface area contributed by atoms with Gasteiger partial charge in [0.25, 0.3) is 0 Å². The molecule has 1 aliphatic rings. The molecule has 0 bridgehead atoms. The van der Waals surface area contributed by atoms with Crippen LogP contribution in [0.4, 0.5) is 0 Å². The molecule has 0 atom stereocenters. The van der Waals surface area contributed by atoms with Gasteiger partial charge in [0.15, 0.2) is 0 Å². The van der Waals surface area contributed by atoms with Gasteiger partial charge >= 0.3 is 0 Å². The van der Waals surface area contributed by atoms with Gasteiger partial charge in [0.1, 0.15) is 6.61 Å². The molecule has 3 nitrogen and oxygen atoms in total. The van der Waals surface area contributed by atoms with Crippen molar-refractivity contribution in [3.63, 3.8) is 0 Å². The van der Waals surface area contributed by atoms with Gasteiger partial charge in [0.2, 0.25) is 5.91 Å². The van der Waals surface area contributed by atoms with Crippen molar-refractivity contribution in [2.45, 2.75) is 52.9 Å². The molecule has 0 aliphatic heterocycles. The lowest BCUT2D eigenvalue weighted by atomic mass is 9.78. The van der Waals surface area contributed by atoms with Crippen molar-refractivity contribution in [1.29, 1.82) is 0 Å². The fourth-order valence-electron chi connectivity index (χ4n) is 2.98. The van der Waals surface area contributed by atoms with Crippen molar-refractivity contribution in [3.8, 4) is 0 Å². The molecule has 1 aliphatic carbocycles. The van der Waals surface area contributed by atoms with Crippen LogP contribution in [0.25, 0.3) is 0 Å². The van der Waals surface area contributed by atoms with E-state index in [1.165, 1.54) is 32.1 Å². The van der Waals surface area contributed by atoms with E-state index in [0.717, 1.165) is 6.54 Å². The number of carbonyl (C=O) groups excluding carboxylic acids is 1. The van der Waals surface area contributed by atoms with Gasteiger partial charge in [0, 0.05) is 13.2 Å². The molecule has 0 radical (unpaired) electrons. The second-order valence-corrected chi connectivity index (χ2v) is 5.72. The van der Waals surface area contributed by atoms with Gasteiger partial charge in [-0.25, -0.2) is 0 Å². The minimum atomic E-state index is 0.0295. The summed E-state index contributed by atoms with van der Waals surface area (Å²) in [6.45, 7) is 8.07. The highest BCUT2D eigenvalue weighted by Gasteiger charge is 2.34. The van der Waals surface area contributed by atoms with Crippen LogP contribution in [0.1, 0.15) is 52.9 Å². The molecule has 0 saturated heterocycles. The first-order valence-corrected chi connectivity index (χ1v) is 6.92. The standard InChI is InChI=1S/C14H27NO2/c1-4-17-10-13(16)15-11-14(9-12(2)3)7-5-6-8-14/h12H,4-11H2,1-3H3,(H,15,16). The maximum Gasteiger partial charge on any atom is 0.246 e.